The largest absolute Gasteiger partial charge is 0.399 e. The van der Waals surface area contributed by atoms with Crippen molar-refractivity contribution in [2.75, 3.05) is 6.61 Å². The highest BCUT2D eigenvalue weighted by Crippen LogP contribution is 2.28. The van der Waals surface area contributed by atoms with E-state index in [-0.39, 0.29) is 6.61 Å². The van der Waals surface area contributed by atoms with Crippen molar-refractivity contribution in [3.63, 3.8) is 0 Å². The molecule has 0 unspecified atom stereocenters. The third-order valence-corrected chi connectivity index (χ3v) is 3.73. The highest BCUT2D eigenvalue weighted by molar-refractivity contribution is 5.52. The normalized spacial score (nSPS) is 17.7. The second-order valence-corrected chi connectivity index (χ2v) is 5.01. The van der Waals surface area contributed by atoms with Gasteiger partial charge in [0.25, 0.3) is 0 Å². The zero-order valence-electron chi connectivity index (χ0n) is 12.7. The summed E-state index contributed by atoms with van der Waals surface area (Å²) < 4.78 is 0. The van der Waals surface area contributed by atoms with E-state index in [2.05, 4.69) is 32.6 Å². The highest BCUT2D eigenvalue weighted by Gasteiger charge is 2.11. The number of hydrogen-bond donors (Lipinski definition) is 2. The van der Waals surface area contributed by atoms with E-state index in [1.54, 1.807) is 0 Å². The third kappa shape index (κ3) is 4.10. The molecule has 0 aromatic carbocycles. The first-order chi connectivity index (χ1) is 9.51. The fourth-order valence-electron chi connectivity index (χ4n) is 2.13. The van der Waals surface area contributed by atoms with Crippen LogP contribution in [-0.2, 0) is 0 Å². The highest BCUT2D eigenvalue weighted by atomic mass is 16.3. The van der Waals surface area contributed by atoms with Crippen molar-refractivity contribution in [1.29, 1.82) is 0 Å². The number of aliphatic hydroxyl groups excluding tert-OH is 1. The van der Waals surface area contributed by atoms with Gasteiger partial charge < -0.3 is 10.8 Å². The number of rotatable bonds is 5. The molecule has 0 bridgehead atoms. The van der Waals surface area contributed by atoms with Crippen LogP contribution in [0.5, 0.6) is 0 Å². The summed E-state index contributed by atoms with van der Waals surface area (Å²) in [5, 5.41) is 9.46. The molecule has 0 radical (unpaired) electrons. The standard InChI is InChI=1S/C18H25NO/c1-5-17(19)11-10-13(2)14(3)15(4)18-9-7-6-8-16(18)12-20/h5,7,9-11,20H,2,6,8,12,19H2,1,3-4H3/b11-10-,15-14+,17-5+. The van der Waals surface area contributed by atoms with Crippen LogP contribution in [0.2, 0.25) is 0 Å². The average molecular weight is 271 g/mol. The van der Waals surface area contributed by atoms with Crippen molar-refractivity contribution in [2.45, 2.75) is 33.6 Å². The van der Waals surface area contributed by atoms with Crippen LogP contribution >= 0.6 is 0 Å². The Morgan fingerprint density at radius 3 is 2.70 bits per heavy atom. The molecule has 3 N–H and O–H groups in total. The summed E-state index contributed by atoms with van der Waals surface area (Å²) in [5.74, 6) is 0. The van der Waals surface area contributed by atoms with E-state index in [0.29, 0.717) is 0 Å². The summed E-state index contributed by atoms with van der Waals surface area (Å²) in [6, 6.07) is 0. The summed E-state index contributed by atoms with van der Waals surface area (Å²) in [4.78, 5) is 0. The Kier molecular flexibility index (Phi) is 6.26. The minimum atomic E-state index is 0.123. The molecule has 0 amide bonds. The molecular formula is C18H25NO. The molecule has 108 valence electrons. The minimum absolute atomic E-state index is 0.123. The molecule has 0 saturated heterocycles. The molecule has 20 heavy (non-hydrogen) atoms. The van der Waals surface area contributed by atoms with Crippen molar-refractivity contribution >= 4 is 0 Å². The zero-order valence-corrected chi connectivity index (χ0v) is 12.7. The van der Waals surface area contributed by atoms with Gasteiger partial charge in [0.05, 0.1) is 6.61 Å². The van der Waals surface area contributed by atoms with E-state index in [1.807, 2.05) is 25.2 Å². The molecule has 1 rings (SSSR count). The molecule has 0 spiro atoms. The Labute approximate surface area is 122 Å². The molecule has 0 fully saturated rings. The van der Waals surface area contributed by atoms with Crippen LogP contribution in [0, 0.1) is 0 Å². The SMILES string of the molecule is C=C(/C=C\C(N)=C/C)/C(C)=C(\C)C1=C(CO)CCC=C1. The molecule has 0 saturated carbocycles. The summed E-state index contributed by atoms with van der Waals surface area (Å²) in [6.45, 7) is 10.2. The lowest BCUT2D eigenvalue weighted by molar-refractivity contribution is 0.325. The van der Waals surface area contributed by atoms with Crippen LogP contribution in [0.15, 0.2) is 70.5 Å². The van der Waals surface area contributed by atoms with Crippen LogP contribution in [0.4, 0.5) is 0 Å². The molecule has 2 heteroatoms. The fraction of sp³-hybridized carbons (Fsp3) is 0.333. The predicted molar refractivity (Wildman–Crippen MR) is 87.1 cm³/mol. The topological polar surface area (TPSA) is 46.2 Å². The number of allylic oxidation sites excluding steroid dienone is 9. The second kappa shape index (κ2) is 7.71. The summed E-state index contributed by atoms with van der Waals surface area (Å²) in [6.07, 6.45) is 11.8. The maximum absolute atomic E-state index is 9.46. The maximum atomic E-state index is 9.46. The Balaban J connectivity index is 3.05. The lowest BCUT2D eigenvalue weighted by atomic mass is 9.89. The average Bonchev–Trinajstić information content (AvgIpc) is 2.50. The molecule has 1 aliphatic rings. The van der Waals surface area contributed by atoms with Gasteiger partial charge in [-0.3, -0.25) is 0 Å². The van der Waals surface area contributed by atoms with Gasteiger partial charge in [0, 0.05) is 5.70 Å². The fourth-order valence-corrected chi connectivity index (χ4v) is 2.13. The predicted octanol–water partition coefficient (Wildman–Crippen LogP) is 3.94. The number of hydrogen-bond acceptors (Lipinski definition) is 2. The van der Waals surface area contributed by atoms with Crippen LogP contribution in [-0.4, -0.2) is 11.7 Å². The van der Waals surface area contributed by atoms with Gasteiger partial charge in [0.15, 0.2) is 0 Å². The van der Waals surface area contributed by atoms with Gasteiger partial charge in [0.1, 0.15) is 0 Å². The van der Waals surface area contributed by atoms with Gasteiger partial charge in [-0.25, -0.2) is 0 Å². The van der Waals surface area contributed by atoms with Crippen molar-refractivity contribution in [3.8, 4) is 0 Å². The molecule has 0 aromatic heterocycles. The van der Waals surface area contributed by atoms with Gasteiger partial charge in [-0.1, -0.05) is 30.9 Å². The molecular weight excluding hydrogens is 246 g/mol. The minimum Gasteiger partial charge on any atom is -0.399 e. The quantitative estimate of drug-likeness (QED) is 0.744. The van der Waals surface area contributed by atoms with E-state index >= 15 is 0 Å². The summed E-state index contributed by atoms with van der Waals surface area (Å²) >= 11 is 0. The molecule has 0 heterocycles. The van der Waals surface area contributed by atoms with Crippen LogP contribution in [0.3, 0.4) is 0 Å². The Bertz CT molecular complexity index is 528. The molecule has 0 aromatic rings. The lowest BCUT2D eigenvalue weighted by Gasteiger charge is -2.17. The van der Waals surface area contributed by atoms with Gasteiger partial charge >= 0.3 is 0 Å². The van der Waals surface area contributed by atoms with Crippen molar-refractivity contribution in [2.24, 2.45) is 5.73 Å². The van der Waals surface area contributed by atoms with Crippen molar-refractivity contribution < 1.29 is 5.11 Å². The Morgan fingerprint density at radius 1 is 1.40 bits per heavy atom. The zero-order chi connectivity index (χ0) is 15.1. The van der Waals surface area contributed by atoms with Gasteiger partial charge in [0.2, 0.25) is 0 Å². The first-order valence-electron chi connectivity index (χ1n) is 6.97. The van der Waals surface area contributed by atoms with E-state index in [9.17, 15) is 5.11 Å². The molecule has 0 aliphatic heterocycles. The molecule has 2 nitrogen and oxygen atoms in total. The maximum Gasteiger partial charge on any atom is 0.0650 e. The van der Waals surface area contributed by atoms with E-state index in [4.69, 9.17) is 5.73 Å². The van der Waals surface area contributed by atoms with Crippen LogP contribution < -0.4 is 5.73 Å². The number of aliphatic hydroxyl groups is 1. The van der Waals surface area contributed by atoms with E-state index < -0.39 is 0 Å². The van der Waals surface area contributed by atoms with Crippen LogP contribution in [0.1, 0.15) is 33.6 Å². The lowest BCUT2D eigenvalue weighted by Crippen LogP contribution is -2.02. The van der Waals surface area contributed by atoms with Gasteiger partial charge in [-0.2, -0.15) is 0 Å². The first-order valence-corrected chi connectivity index (χ1v) is 6.97. The summed E-state index contributed by atoms with van der Waals surface area (Å²) in [5.41, 5.74) is 12.0. The second-order valence-electron chi connectivity index (χ2n) is 5.01. The van der Waals surface area contributed by atoms with E-state index in [1.165, 1.54) is 5.57 Å². The Hall–Kier alpha value is -1.80. The van der Waals surface area contributed by atoms with Crippen molar-refractivity contribution in [3.05, 3.63) is 70.5 Å². The van der Waals surface area contributed by atoms with Gasteiger partial charge in [-0.15, -0.1) is 0 Å². The molecule has 1 aliphatic carbocycles. The first kappa shape index (κ1) is 16.3. The van der Waals surface area contributed by atoms with Gasteiger partial charge in [-0.05, 0) is 67.6 Å². The van der Waals surface area contributed by atoms with Crippen LogP contribution in [0.25, 0.3) is 0 Å². The Morgan fingerprint density at radius 2 is 2.10 bits per heavy atom. The third-order valence-electron chi connectivity index (χ3n) is 3.73. The van der Waals surface area contributed by atoms with Crippen molar-refractivity contribution in [1.82, 2.24) is 0 Å². The smallest absolute Gasteiger partial charge is 0.0650 e. The van der Waals surface area contributed by atoms with E-state index in [0.717, 1.165) is 40.8 Å². The summed E-state index contributed by atoms with van der Waals surface area (Å²) in [7, 11) is 0. The molecule has 0 atom stereocenters. The number of nitrogens with two attached hydrogens (primary N) is 1. The monoisotopic (exact) mass is 271 g/mol.